The molecule has 0 aliphatic carbocycles. The van der Waals surface area contributed by atoms with Crippen molar-refractivity contribution in [2.24, 2.45) is 0 Å². The molecule has 1 aromatic rings. The van der Waals surface area contributed by atoms with Gasteiger partial charge in [-0.25, -0.2) is 0 Å². The van der Waals surface area contributed by atoms with Crippen molar-refractivity contribution in [2.75, 3.05) is 33.4 Å². The van der Waals surface area contributed by atoms with Gasteiger partial charge < -0.3 is 19.1 Å². The summed E-state index contributed by atoms with van der Waals surface area (Å²) in [7, 11) is 1.62. The highest BCUT2D eigenvalue weighted by molar-refractivity contribution is 6.30. The molecular formula is C16H22ClNO4. The highest BCUT2D eigenvalue weighted by atomic mass is 35.5. The predicted octanol–water partition coefficient (Wildman–Crippen LogP) is 2.37. The number of morpholine rings is 1. The maximum atomic E-state index is 12.4. The number of halogens is 1. The van der Waals surface area contributed by atoms with Crippen LogP contribution < -0.4 is 4.74 Å². The molecule has 0 spiro atoms. The van der Waals surface area contributed by atoms with Gasteiger partial charge in [0.05, 0.1) is 18.3 Å². The third kappa shape index (κ3) is 4.87. The SMILES string of the molecule is COCC1CN(C(=O)COc2cccc(Cl)c2)CC(C)(C)O1. The molecule has 1 fully saturated rings. The second-order valence-corrected chi connectivity index (χ2v) is 6.41. The van der Waals surface area contributed by atoms with E-state index in [0.717, 1.165) is 0 Å². The number of carbonyl (C=O) groups is 1. The van der Waals surface area contributed by atoms with Crippen molar-refractivity contribution in [1.29, 1.82) is 0 Å². The maximum Gasteiger partial charge on any atom is 0.260 e. The van der Waals surface area contributed by atoms with Gasteiger partial charge in [0.1, 0.15) is 5.75 Å². The van der Waals surface area contributed by atoms with E-state index in [1.54, 1.807) is 36.3 Å². The Hall–Kier alpha value is -1.30. The number of methoxy groups -OCH3 is 1. The molecule has 1 unspecified atom stereocenters. The number of hydrogen-bond donors (Lipinski definition) is 0. The summed E-state index contributed by atoms with van der Waals surface area (Å²) in [6.07, 6.45) is -0.121. The summed E-state index contributed by atoms with van der Waals surface area (Å²) in [4.78, 5) is 14.1. The minimum Gasteiger partial charge on any atom is -0.484 e. The Labute approximate surface area is 136 Å². The fourth-order valence-electron chi connectivity index (χ4n) is 2.55. The number of benzene rings is 1. The van der Waals surface area contributed by atoms with Crippen molar-refractivity contribution >= 4 is 17.5 Å². The zero-order valence-corrected chi connectivity index (χ0v) is 13.9. The molecule has 1 aromatic carbocycles. The first-order chi connectivity index (χ1) is 10.4. The Kier molecular flexibility index (Phi) is 5.67. The molecular weight excluding hydrogens is 306 g/mol. The van der Waals surface area contributed by atoms with Gasteiger partial charge in [-0.3, -0.25) is 4.79 Å². The zero-order chi connectivity index (χ0) is 16.2. The first-order valence-electron chi connectivity index (χ1n) is 7.22. The summed E-state index contributed by atoms with van der Waals surface area (Å²) in [6, 6.07) is 7.01. The quantitative estimate of drug-likeness (QED) is 0.833. The molecule has 122 valence electrons. The van der Waals surface area contributed by atoms with E-state index in [4.69, 9.17) is 25.8 Å². The van der Waals surface area contributed by atoms with Gasteiger partial charge in [-0.1, -0.05) is 17.7 Å². The summed E-state index contributed by atoms with van der Waals surface area (Å²) in [5.41, 5.74) is -0.396. The minimum atomic E-state index is -0.396. The van der Waals surface area contributed by atoms with E-state index in [-0.39, 0.29) is 18.6 Å². The summed E-state index contributed by atoms with van der Waals surface area (Å²) >= 11 is 5.89. The molecule has 22 heavy (non-hydrogen) atoms. The monoisotopic (exact) mass is 327 g/mol. The van der Waals surface area contributed by atoms with Crippen LogP contribution in [0.15, 0.2) is 24.3 Å². The lowest BCUT2D eigenvalue weighted by atomic mass is 10.1. The topological polar surface area (TPSA) is 48.0 Å². The van der Waals surface area contributed by atoms with Crippen LogP contribution in [0.2, 0.25) is 5.02 Å². The van der Waals surface area contributed by atoms with Gasteiger partial charge in [-0.15, -0.1) is 0 Å². The summed E-state index contributed by atoms with van der Waals surface area (Å²) in [5.74, 6) is 0.513. The van der Waals surface area contributed by atoms with Crippen molar-refractivity contribution < 1.29 is 19.0 Å². The maximum absolute atomic E-state index is 12.4. The van der Waals surface area contributed by atoms with E-state index < -0.39 is 5.60 Å². The predicted molar refractivity (Wildman–Crippen MR) is 84.4 cm³/mol. The number of nitrogens with zero attached hydrogens (tertiary/aromatic N) is 1. The Morgan fingerprint density at radius 2 is 2.27 bits per heavy atom. The standard InChI is InChI=1S/C16H22ClNO4/c1-16(2)11-18(8-14(22-16)9-20-3)15(19)10-21-13-6-4-5-12(17)7-13/h4-7,14H,8-11H2,1-3H3. The molecule has 2 rings (SSSR count). The average Bonchev–Trinajstić information content (AvgIpc) is 2.43. The van der Waals surface area contributed by atoms with Gasteiger partial charge in [-0.05, 0) is 32.0 Å². The van der Waals surface area contributed by atoms with Gasteiger partial charge >= 0.3 is 0 Å². The van der Waals surface area contributed by atoms with E-state index in [9.17, 15) is 4.79 Å². The van der Waals surface area contributed by atoms with Crippen molar-refractivity contribution in [3.05, 3.63) is 29.3 Å². The van der Waals surface area contributed by atoms with Crippen LogP contribution in [0.1, 0.15) is 13.8 Å². The van der Waals surface area contributed by atoms with Crippen LogP contribution in [0.3, 0.4) is 0 Å². The van der Waals surface area contributed by atoms with E-state index in [1.165, 1.54) is 0 Å². The van der Waals surface area contributed by atoms with E-state index in [0.29, 0.717) is 30.5 Å². The molecule has 0 saturated carbocycles. The van der Waals surface area contributed by atoms with Crippen LogP contribution in [0, 0.1) is 0 Å². The molecule has 1 heterocycles. The van der Waals surface area contributed by atoms with Gasteiger partial charge in [0.2, 0.25) is 0 Å². The Morgan fingerprint density at radius 1 is 1.50 bits per heavy atom. The first-order valence-corrected chi connectivity index (χ1v) is 7.60. The molecule has 1 amide bonds. The highest BCUT2D eigenvalue weighted by Gasteiger charge is 2.35. The zero-order valence-electron chi connectivity index (χ0n) is 13.2. The fourth-order valence-corrected chi connectivity index (χ4v) is 2.73. The average molecular weight is 328 g/mol. The van der Waals surface area contributed by atoms with Gasteiger partial charge in [-0.2, -0.15) is 0 Å². The lowest BCUT2D eigenvalue weighted by Gasteiger charge is -2.42. The molecule has 0 radical (unpaired) electrons. The smallest absolute Gasteiger partial charge is 0.260 e. The lowest BCUT2D eigenvalue weighted by molar-refractivity contribution is -0.170. The van der Waals surface area contributed by atoms with Gasteiger partial charge in [0, 0.05) is 25.2 Å². The minimum absolute atomic E-state index is 0.0177. The number of amides is 1. The summed E-state index contributed by atoms with van der Waals surface area (Å²) in [6.45, 7) is 5.41. The Morgan fingerprint density at radius 3 is 2.95 bits per heavy atom. The normalized spacial score (nSPS) is 20.7. The molecule has 1 atom stereocenters. The molecule has 6 heteroatoms. The van der Waals surface area contributed by atoms with Crippen molar-refractivity contribution in [3.63, 3.8) is 0 Å². The van der Waals surface area contributed by atoms with Crippen molar-refractivity contribution in [3.8, 4) is 5.75 Å². The first kappa shape index (κ1) is 17.1. The summed E-state index contributed by atoms with van der Waals surface area (Å²) < 4.78 is 16.5. The Bertz CT molecular complexity index is 521. The number of hydrogen-bond acceptors (Lipinski definition) is 4. The molecule has 0 aromatic heterocycles. The largest absolute Gasteiger partial charge is 0.484 e. The highest BCUT2D eigenvalue weighted by Crippen LogP contribution is 2.22. The molecule has 5 nitrogen and oxygen atoms in total. The molecule has 1 aliphatic heterocycles. The molecule has 0 N–H and O–H groups in total. The van der Waals surface area contributed by atoms with E-state index in [1.807, 2.05) is 13.8 Å². The van der Waals surface area contributed by atoms with E-state index in [2.05, 4.69) is 0 Å². The number of ether oxygens (including phenoxy) is 3. The summed E-state index contributed by atoms with van der Waals surface area (Å²) in [5, 5.41) is 0.581. The fraction of sp³-hybridized carbons (Fsp3) is 0.562. The lowest BCUT2D eigenvalue weighted by Crippen LogP contribution is -2.56. The van der Waals surface area contributed by atoms with Crippen LogP contribution in [-0.4, -0.2) is 55.9 Å². The van der Waals surface area contributed by atoms with Crippen LogP contribution in [0.25, 0.3) is 0 Å². The third-order valence-corrected chi connectivity index (χ3v) is 3.58. The molecule has 1 aliphatic rings. The molecule has 0 bridgehead atoms. The van der Waals surface area contributed by atoms with Crippen LogP contribution in [-0.2, 0) is 14.3 Å². The van der Waals surface area contributed by atoms with Crippen molar-refractivity contribution in [2.45, 2.75) is 25.6 Å². The van der Waals surface area contributed by atoms with Gasteiger partial charge in [0.15, 0.2) is 6.61 Å². The molecule has 1 saturated heterocycles. The third-order valence-electron chi connectivity index (χ3n) is 3.35. The number of rotatable bonds is 5. The number of carbonyl (C=O) groups excluding carboxylic acids is 1. The second kappa shape index (κ2) is 7.31. The van der Waals surface area contributed by atoms with Crippen LogP contribution >= 0.6 is 11.6 Å². The van der Waals surface area contributed by atoms with Crippen LogP contribution in [0.4, 0.5) is 0 Å². The Balaban J connectivity index is 1.93. The second-order valence-electron chi connectivity index (χ2n) is 5.98. The van der Waals surface area contributed by atoms with Crippen LogP contribution in [0.5, 0.6) is 5.75 Å². The van der Waals surface area contributed by atoms with Crippen molar-refractivity contribution in [1.82, 2.24) is 4.90 Å². The van der Waals surface area contributed by atoms with E-state index >= 15 is 0 Å². The van der Waals surface area contributed by atoms with Gasteiger partial charge in [0.25, 0.3) is 5.91 Å².